The first kappa shape index (κ1) is 21.8. The number of amides is 1. The van der Waals surface area contributed by atoms with E-state index >= 15 is 0 Å². The molecular weight excluding hydrogens is 402 g/mol. The summed E-state index contributed by atoms with van der Waals surface area (Å²) in [6.45, 7) is 3.71. The summed E-state index contributed by atoms with van der Waals surface area (Å²) in [5.41, 5.74) is 3.03. The second kappa shape index (κ2) is 9.39. The van der Waals surface area contributed by atoms with Crippen LogP contribution in [0.4, 0.5) is 5.82 Å². The smallest absolute Gasteiger partial charge is 0.228 e. The topological polar surface area (TPSA) is 73.2 Å². The molecule has 2 aromatic carbocycles. The first-order valence-corrected chi connectivity index (χ1v) is 11.1. The average Bonchev–Trinajstić information content (AvgIpc) is 2.82. The Labute approximate surface area is 188 Å². The minimum atomic E-state index is -0.225. The van der Waals surface area contributed by atoms with E-state index in [-0.39, 0.29) is 17.3 Å². The highest BCUT2D eigenvalue weighted by Gasteiger charge is 2.26. The molecule has 0 unspecified atom stereocenters. The van der Waals surface area contributed by atoms with E-state index in [1.165, 1.54) is 0 Å². The highest BCUT2D eigenvalue weighted by Crippen LogP contribution is 2.34. The predicted octanol–water partition coefficient (Wildman–Crippen LogP) is 5.04. The summed E-state index contributed by atoms with van der Waals surface area (Å²) in [7, 11) is 1.58. The molecule has 1 saturated carbocycles. The summed E-state index contributed by atoms with van der Waals surface area (Å²) in [4.78, 5) is 26.6. The van der Waals surface area contributed by atoms with Crippen molar-refractivity contribution in [1.29, 1.82) is 0 Å². The van der Waals surface area contributed by atoms with E-state index in [0.29, 0.717) is 28.4 Å². The third-order valence-electron chi connectivity index (χ3n) is 6.13. The highest BCUT2D eigenvalue weighted by atomic mass is 16.5. The molecular formula is C26H29N3O3. The maximum absolute atomic E-state index is 13.4. The summed E-state index contributed by atoms with van der Waals surface area (Å²) in [5.74, 6) is 0.826. The fourth-order valence-corrected chi connectivity index (χ4v) is 4.31. The normalized spacial score (nSPS) is 14.2. The zero-order valence-electron chi connectivity index (χ0n) is 18.9. The molecule has 1 heterocycles. The number of anilines is 1. The number of hydrogen-bond donors (Lipinski definition) is 1. The summed E-state index contributed by atoms with van der Waals surface area (Å²) < 4.78 is 7.22. The number of hydrogen-bond acceptors (Lipinski definition) is 4. The van der Waals surface area contributed by atoms with Crippen LogP contribution in [0.25, 0.3) is 16.8 Å². The van der Waals surface area contributed by atoms with Crippen LogP contribution in [-0.2, 0) is 4.79 Å². The van der Waals surface area contributed by atoms with Crippen LogP contribution in [0, 0.1) is 19.8 Å². The standard InChI is InChI=1S/C26H29N3O3/c1-17-13-15-20(16-14-17)29-25(27-26(31)19-9-5-4-6-10-19)23(24(30)18(2)28-29)21-11-7-8-12-22(21)32-3/h7-8,11-16,19H,4-6,9-10H2,1-3H3,(H,27,31). The predicted molar refractivity (Wildman–Crippen MR) is 127 cm³/mol. The Kier molecular flexibility index (Phi) is 6.40. The quantitative estimate of drug-likeness (QED) is 0.614. The van der Waals surface area contributed by atoms with Crippen molar-refractivity contribution in [3.8, 4) is 22.6 Å². The van der Waals surface area contributed by atoms with Gasteiger partial charge in [-0.15, -0.1) is 0 Å². The number of ether oxygens (including phenoxy) is 1. The van der Waals surface area contributed by atoms with Gasteiger partial charge in [-0.25, -0.2) is 4.68 Å². The SMILES string of the molecule is COc1ccccc1-c1c(NC(=O)C2CCCCC2)n(-c2ccc(C)cc2)nc(C)c1=O. The van der Waals surface area contributed by atoms with E-state index in [4.69, 9.17) is 4.74 Å². The van der Waals surface area contributed by atoms with Crippen LogP contribution in [0.2, 0.25) is 0 Å². The molecule has 32 heavy (non-hydrogen) atoms. The molecule has 1 amide bonds. The molecule has 1 N–H and O–H groups in total. The van der Waals surface area contributed by atoms with Gasteiger partial charge in [-0.05, 0) is 44.9 Å². The Balaban J connectivity index is 1.94. The van der Waals surface area contributed by atoms with E-state index in [1.54, 1.807) is 18.7 Å². The van der Waals surface area contributed by atoms with Gasteiger partial charge in [0, 0.05) is 11.5 Å². The zero-order valence-corrected chi connectivity index (χ0v) is 18.9. The lowest BCUT2D eigenvalue weighted by Gasteiger charge is -2.24. The minimum Gasteiger partial charge on any atom is -0.496 e. The van der Waals surface area contributed by atoms with Crippen LogP contribution < -0.4 is 15.5 Å². The van der Waals surface area contributed by atoms with Crippen molar-refractivity contribution in [3.63, 3.8) is 0 Å². The number of methoxy groups -OCH3 is 1. The van der Waals surface area contributed by atoms with E-state index in [2.05, 4.69) is 10.4 Å². The number of para-hydroxylation sites is 1. The van der Waals surface area contributed by atoms with Crippen molar-refractivity contribution in [3.05, 3.63) is 70.0 Å². The number of aromatic nitrogens is 2. The lowest BCUT2D eigenvalue weighted by Crippen LogP contribution is -2.29. The first-order valence-electron chi connectivity index (χ1n) is 11.1. The Hall–Kier alpha value is -3.41. The lowest BCUT2D eigenvalue weighted by atomic mass is 9.88. The molecule has 166 valence electrons. The fraction of sp³-hybridized carbons (Fsp3) is 0.346. The second-order valence-corrected chi connectivity index (χ2v) is 8.41. The minimum absolute atomic E-state index is 0.0582. The van der Waals surface area contributed by atoms with Crippen LogP contribution in [0.1, 0.15) is 43.4 Å². The molecule has 6 heteroatoms. The van der Waals surface area contributed by atoms with Gasteiger partial charge in [0.05, 0.1) is 18.4 Å². The molecule has 0 aliphatic heterocycles. The Morgan fingerprint density at radius 2 is 1.72 bits per heavy atom. The van der Waals surface area contributed by atoms with Gasteiger partial charge in [-0.2, -0.15) is 5.10 Å². The number of aryl methyl sites for hydroxylation is 2. The van der Waals surface area contributed by atoms with Gasteiger partial charge < -0.3 is 10.1 Å². The van der Waals surface area contributed by atoms with Gasteiger partial charge in [0.2, 0.25) is 11.3 Å². The van der Waals surface area contributed by atoms with Crippen LogP contribution in [0.3, 0.4) is 0 Å². The largest absolute Gasteiger partial charge is 0.496 e. The number of nitrogens with one attached hydrogen (secondary N) is 1. The number of carbonyl (C=O) groups excluding carboxylic acids is 1. The number of nitrogens with zero attached hydrogens (tertiary/aromatic N) is 2. The Morgan fingerprint density at radius 3 is 2.41 bits per heavy atom. The zero-order chi connectivity index (χ0) is 22.7. The lowest BCUT2D eigenvalue weighted by molar-refractivity contribution is -0.120. The molecule has 1 fully saturated rings. The van der Waals surface area contributed by atoms with Gasteiger partial charge in [-0.3, -0.25) is 9.59 Å². The van der Waals surface area contributed by atoms with Crippen molar-refractivity contribution >= 4 is 11.7 Å². The monoisotopic (exact) mass is 431 g/mol. The van der Waals surface area contributed by atoms with E-state index < -0.39 is 0 Å². The van der Waals surface area contributed by atoms with Crippen LogP contribution in [0.15, 0.2) is 53.3 Å². The van der Waals surface area contributed by atoms with Gasteiger partial charge in [0.15, 0.2) is 0 Å². The maximum atomic E-state index is 13.4. The van der Waals surface area contributed by atoms with Gasteiger partial charge in [0.1, 0.15) is 17.3 Å². The fourth-order valence-electron chi connectivity index (χ4n) is 4.31. The summed E-state index contributed by atoms with van der Waals surface area (Å²) >= 11 is 0. The maximum Gasteiger partial charge on any atom is 0.228 e. The van der Waals surface area contributed by atoms with Gasteiger partial charge in [0.25, 0.3) is 0 Å². The van der Waals surface area contributed by atoms with Crippen molar-refractivity contribution in [1.82, 2.24) is 9.78 Å². The molecule has 1 aromatic heterocycles. The van der Waals surface area contributed by atoms with Crippen molar-refractivity contribution < 1.29 is 9.53 Å². The van der Waals surface area contributed by atoms with Crippen LogP contribution in [-0.4, -0.2) is 22.8 Å². The summed E-state index contributed by atoms with van der Waals surface area (Å²) in [6.07, 6.45) is 4.99. The number of benzene rings is 2. The molecule has 0 spiro atoms. The van der Waals surface area contributed by atoms with E-state index in [9.17, 15) is 9.59 Å². The Bertz CT molecular complexity index is 1180. The molecule has 4 rings (SSSR count). The average molecular weight is 432 g/mol. The number of carbonyl (C=O) groups is 1. The third-order valence-corrected chi connectivity index (χ3v) is 6.13. The molecule has 6 nitrogen and oxygen atoms in total. The molecule has 0 bridgehead atoms. The van der Waals surface area contributed by atoms with Crippen molar-refractivity contribution in [2.24, 2.45) is 5.92 Å². The molecule has 1 aliphatic rings. The summed E-state index contributed by atoms with van der Waals surface area (Å²) in [5, 5.41) is 7.65. The molecule has 1 aliphatic carbocycles. The second-order valence-electron chi connectivity index (χ2n) is 8.41. The van der Waals surface area contributed by atoms with Gasteiger partial charge in [-0.1, -0.05) is 55.2 Å². The summed E-state index contributed by atoms with van der Waals surface area (Å²) in [6, 6.07) is 15.2. The Morgan fingerprint density at radius 1 is 1.03 bits per heavy atom. The van der Waals surface area contributed by atoms with E-state index in [0.717, 1.165) is 43.4 Å². The third kappa shape index (κ3) is 4.31. The van der Waals surface area contributed by atoms with E-state index in [1.807, 2.05) is 55.5 Å². The molecule has 0 saturated heterocycles. The van der Waals surface area contributed by atoms with Gasteiger partial charge >= 0.3 is 0 Å². The number of rotatable bonds is 5. The first-order chi connectivity index (χ1) is 15.5. The van der Waals surface area contributed by atoms with Crippen molar-refractivity contribution in [2.45, 2.75) is 46.0 Å². The highest BCUT2D eigenvalue weighted by molar-refractivity contribution is 5.96. The van der Waals surface area contributed by atoms with Crippen LogP contribution in [0.5, 0.6) is 5.75 Å². The molecule has 0 atom stereocenters. The van der Waals surface area contributed by atoms with Crippen LogP contribution >= 0.6 is 0 Å². The molecule has 3 aromatic rings. The molecule has 0 radical (unpaired) electrons. The van der Waals surface area contributed by atoms with Crippen molar-refractivity contribution in [2.75, 3.05) is 12.4 Å².